The van der Waals surface area contributed by atoms with E-state index in [9.17, 15) is 9.18 Å². The van der Waals surface area contributed by atoms with Crippen molar-refractivity contribution in [3.05, 3.63) is 59.7 Å². The molecule has 0 bridgehead atoms. The summed E-state index contributed by atoms with van der Waals surface area (Å²) >= 11 is 1.66. The second-order valence-electron chi connectivity index (χ2n) is 6.54. The molecule has 4 rings (SSSR count). The highest BCUT2D eigenvalue weighted by molar-refractivity contribution is 7.98. The Bertz CT molecular complexity index is 987. The number of hydrogen-bond acceptors (Lipinski definition) is 5. The Balaban J connectivity index is 1.54. The molecule has 1 unspecified atom stereocenters. The van der Waals surface area contributed by atoms with Crippen molar-refractivity contribution in [3.8, 4) is 11.4 Å². The first-order chi connectivity index (χ1) is 13.0. The monoisotopic (exact) mass is 383 g/mol. The summed E-state index contributed by atoms with van der Waals surface area (Å²) in [6, 6.07) is 12.7. The van der Waals surface area contributed by atoms with Crippen LogP contribution in [0.5, 0.6) is 0 Å². The lowest BCUT2D eigenvalue weighted by Crippen LogP contribution is -2.25. The third kappa shape index (κ3) is 3.47. The quantitative estimate of drug-likeness (QED) is 0.624. The number of benzene rings is 2. The molecule has 1 saturated heterocycles. The number of rotatable bonds is 4. The number of halogens is 1. The van der Waals surface area contributed by atoms with Gasteiger partial charge in [0.2, 0.25) is 17.6 Å². The van der Waals surface area contributed by atoms with E-state index in [4.69, 9.17) is 4.52 Å². The number of aryl methyl sites for hydroxylation is 1. The summed E-state index contributed by atoms with van der Waals surface area (Å²) < 4.78 is 19.6. The number of thioether (sulfide) groups is 1. The first kappa shape index (κ1) is 17.7. The number of carbonyl (C=O) groups is 1. The molecule has 1 aliphatic heterocycles. The third-order valence-electron chi connectivity index (χ3n) is 4.66. The van der Waals surface area contributed by atoms with Crippen molar-refractivity contribution in [2.24, 2.45) is 0 Å². The topological polar surface area (TPSA) is 59.2 Å². The fourth-order valence-electron chi connectivity index (χ4n) is 3.20. The van der Waals surface area contributed by atoms with Gasteiger partial charge < -0.3 is 9.42 Å². The molecular formula is C20H18FN3O2S. The Labute approximate surface area is 160 Å². The maximum atomic E-state index is 14.2. The molecule has 0 spiro atoms. The normalized spacial score (nSPS) is 16.9. The van der Waals surface area contributed by atoms with Crippen LogP contribution in [0, 0.1) is 12.7 Å². The van der Waals surface area contributed by atoms with Crippen LogP contribution < -0.4 is 4.90 Å². The molecule has 1 fully saturated rings. The van der Waals surface area contributed by atoms with Crippen LogP contribution in [0.4, 0.5) is 10.1 Å². The zero-order valence-electron chi connectivity index (χ0n) is 15.0. The molecule has 0 saturated carbocycles. The standard InChI is InChI=1S/C20H18FN3O2S/c1-12-3-8-17(16(21)9-12)24-11-14(10-18(24)25)20-22-19(23-26-20)13-4-6-15(27-2)7-5-13/h3-9,14H,10-11H2,1-2H3. The number of aromatic nitrogens is 2. The summed E-state index contributed by atoms with van der Waals surface area (Å²) in [4.78, 5) is 19.5. The molecule has 0 radical (unpaired) electrons. The summed E-state index contributed by atoms with van der Waals surface area (Å²) in [6.45, 7) is 2.14. The van der Waals surface area contributed by atoms with Crippen molar-refractivity contribution in [2.45, 2.75) is 24.2 Å². The molecule has 3 aromatic rings. The highest BCUT2D eigenvalue weighted by Crippen LogP contribution is 2.33. The molecule has 27 heavy (non-hydrogen) atoms. The van der Waals surface area contributed by atoms with Gasteiger partial charge in [-0.2, -0.15) is 4.98 Å². The summed E-state index contributed by atoms with van der Waals surface area (Å²) in [5, 5.41) is 4.04. The van der Waals surface area contributed by atoms with Crippen LogP contribution >= 0.6 is 11.8 Å². The minimum absolute atomic E-state index is 0.146. The van der Waals surface area contributed by atoms with Gasteiger partial charge in [0.05, 0.1) is 11.6 Å². The first-order valence-electron chi connectivity index (χ1n) is 8.59. The summed E-state index contributed by atoms with van der Waals surface area (Å²) in [7, 11) is 0. The predicted octanol–water partition coefficient (Wildman–Crippen LogP) is 4.43. The van der Waals surface area contributed by atoms with Crippen molar-refractivity contribution >= 4 is 23.4 Å². The molecule has 2 aromatic carbocycles. The van der Waals surface area contributed by atoms with Gasteiger partial charge in [0.25, 0.3) is 0 Å². The van der Waals surface area contributed by atoms with Crippen LogP contribution in [-0.2, 0) is 4.79 Å². The number of nitrogens with zero attached hydrogens (tertiary/aromatic N) is 3. The number of carbonyl (C=O) groups excluding carboxylic acids is 1. The Hall–Kier alpha value is -2.67. The van der Waals surface area contributed by atoms with Gasteiger partial charge in [-0.1, -0.05) is 11.2 Å². The van der Waals surface area contributed by atoms with Gasteiger partial charge in [-0.15, -0.1) is 11.8 Å². The minimum Gasteiger partial charge on any atom is -0.339 e. The van der Waals surface area contributed by atoms with Gasteiger partial charge in [-0.3, -0.25) is 4.79 Å². The Morgan fingerprint density at radius 1 is 1.22 bits per heavy atom. The predicted molar refractivity (Wildman–Crippen MR) is 102 cm³/mol. The molecule has 1 atom stereocenters. The molecule has 1 aliphatic rings. The second-order valence-corrected chi connectivity index (χ2v) is 7.42. The highest BCUT2D eigenvalue weighted by atomic mass is 32.2. The van der Waals surface area contributed by atoms with E-state index in [1.54, 1.807) is 23.9 Å². The third-order valence-corrected chi connectivity index (χ3v) is 5.40. The summed E-state index contributed by atoms with van der Waals surface area (Å²) in [6.07, 6.45) is 2.24. The number of hydrogen-bond donors (Lipinski definition) is 0. The van der Waals surface area contributed by atoms with E-state index in [1.807, 2.05) is 37.4 Å². The van der Waals surface area contributed by atoms with E-state index < -0.39 is 5.82 Å². The molecule has 138 valence electrons. The van der Waals surface area contributed by atoms with Gasteiger partial charge >= 0.3 is 0 Å². The minimum atomic E-state index is -0.399. The molecule has 7 heteroatoms. The largest absolute Gasteiger partial charge is 0.339 e. The van der Waals surface area contributed by atoms with Gasteiger partial charge in [-0.25, -0.2) is 4.39 Å². The average Bonchev–Trinajstić information content (AvgIpc) is 3.29. The van der Waals surface area contributed by atoms with E-state index >= 15 is 0 Å². The van der Waals surface area contributed by atoms with Crippen molar-refractivity contribution in [1.29, 1.82) is 0 Å². The summed E-state index contributed by atoms with van der Waals surface area (Å²) in [5.41, 5.74) is 1.96. The maximum Gasteiger partial charge on any atom is 0.232 e. The van der Waals surface area contributed by atoms with E-state index in [0.717, 1.165) is 16.0 Å². The number of amides is 1. The van der Waals surface area contributed by atoms with Crippen LogP contribution in [-0.4, -0.2) is 28.8 Å². The van der Waals surface area contributed by atoms with Crippen LogP contribution in [0.25, 0.3) is 11.4 Å². The molecule has 5 nitrogen and oxygen atoms in total. The maximum absolute atomic E-state index is 14.2. The lowest BCUT2D eigenvalue weighted by molar-refractivity contribution is -0.117. The molecule has 1 amide bonds. The number of anilines is 1. The van der Waals surface area contributed by atoms with Crippen molar-refractivity contribution in [3.63, 3.8) is 0 Å². The molecular weight excluding hydrogens is 365 g/mol. The van der Waals surface area contributed by atoms with E-state index in [0.29, 0.717) is 23.9 Å². The lowest BCUT2D eigenvalue weighted by atomic mass is 10.1. The lowest BCUT2D eigenvalue weighted by Gasteiger charge is -2.17. The SMILES string of the molecule is CSc1ccc(-c2noc(C3CC(=O)N(c4ccc(C)cc4F)C3)n2)cc1. The van der Waals surface area contributed by atoms with Crippen LogP contribution in [0.3, 0.4) is 0 Å². The second kappa shape index (κ2) is 7.15. The van der Waals surface area contributed by atoms with E-state index in [2.05, 4.69) is 10.1 Å². The van der Waals surface area contributed by atoms with Crippen molar-refractivity contribution < 1.29 is 13.7 Å². The van der Waals surface area contributed by atoms with Gasteiger partial charge in [0.15, 0.2) is 0 Å². The van der Waals surface area contributed by atoms with Gasteiger partial charge in [0.1, 0.15) is 5.82 Å². The van der Waals surface area contributed by atoms with E-state index in [1.165, 1.54) is 11.0 Å². The fourth-order valence-corrected chi connectivity index (χ4v) is 3.60. The van der Waals surface area contributed by atoms with E-state index in [-0.39, 0.29) is 18.2 Å². The van der Waals surface area contributed by atoms with Crippen molar-refractivity contribution in [1.82, 2.24) is 10.1 Å². The van der Waals surface area contributed by atoms with Crippen LogP contribution in [0.2, 0.25) is 0 Å². The molecule has 2 heterocycles. The Morgan fingerprint density at radius 3 is 2.70 bits per heavy atom. The Morgan fingerprint density at radius 2 is 2.00 bits per heavy atom. The van der Waals surface area contributed by atoms with Crippen LogP contribution in [0.15, 0.2) is 51.9 Å². The highest BCUT2D eigenvalue weighted by Gasteiger charge is 2.36. The average molecular weight is 383 g/mol. The Kier molecular flexibility index (Phi) is 4.70. The zero-order chi connectivity index (χ0) is 19.0. The van der Waals surface area contributed by atoms with Gasteiger partial charge in [0, 0.05) is 23.4 Å². The molecule has 0 aliphatic carbocycles. The van der Waals surface area contributed by atoms with Crippen LogP contribution in [0.1, 0.15) is 23.8 Å². The molecule has 1 aromatic heterocycles. The summed E-state index contributed by atoms with van der Waals surface area (Å²) in [5.74, 6) is 0.105. The fraction of sp³-hybridized carbons (Fsp3) is 0.250. The first-order valence-corrected chi connectivity index (χ1v) is 9.82. The zero-order valence-corrected chi connectivity index (χ0v) is 15.8. The van der Waals surface area contributed by atoms with Gasteiger partial charge in [-0.05, 0) is 55.1 Å². The smallest absolute Gasteiger partial charge is 0.232 e. The van der Waals surface area contributed by atoms with Crippen molar-refractivity contribution in [2.75, 3.05) is 17.7 Å². The molecule has 0 N–H and O–H groups in total.